The molecule has 5 heteroatoms. The predicted octanol–water partition coefficient (Wildman–Crippen LogP) is 4.71. The van der Waals surface area contributed by atoms with Gasteiger partial charge in [-0.2, -0.15) is 0 Å². The van der Waals surface area contributed by atoms with E-state index >= 15 is 0 Å². The third-order valence-corrected chi connectivity index (χ3v) is 5.14. The molecule has 1 atom stereocenters. The SMILES string of the molecule is CCC(C)c1ccc(NC(N)=NCCCCc2nc(C)cs2)cc1. The highest BCUT2D eigenvalue weighted by Gasteiger charge is 2.03. The number of thiazole rings is 1. The molecule has 0 spiro atoms. The van der Waals surface area contributed by atoms with Gasteiger partial charge in [-0.25, -0.2) is 4.98 Å². The Kier molecular flexibility index (Phi) is 7.25. The zero-order chi connectivity index (χ0) is 17.4. The summed E-state index contributed by atoms with van der Waals surface area (Å²) < 4.78 is 0. The topological polar surface area (TPSA) is 63.3 Å². The maximum absolute atomic E-state index is 5.96. The van der Waals surface area contributed by atoms with Gasteiger partial charge in [0.25, 0.3) is 0 Å². The van der Waals surface area contributed by atoms with Crippen molar-refractivity contribution < 1.29 is 0 Å². The minimum atomic E-state index is 0.483. The van der Waals surface area contributed by atoms with E-state index in [1.54, 1.807) is 11.3 Å². The molecule has 1 unspecified atom stereocenters. The third kappa shape index (κ3) is 5.96. The van der Waals surface area contributed by atoms with Crippen molar-refractivity contribution in [2.75, 3.05) is 11.9 Å². The van der Waals surface area contributed by atoms with Gasteiger partial charge >= 0.3 is 0 Å². The van der Waals surface area contributed by atoms with Gasteiger partial charge in [0, 0.05) is 23.3 Å². The summed E-state index contributed by atoms with van der Waals surface area (Å²) in [4.78, 5) is 8.87. The normalized spacial score (nSPS) is 13.0. The Morgan fingerprint density at radius 3 is 2.67 bits per heavy atom. The Balaban J connectivity index is 1.71. The van der Waals surface area contributed by atoms with Crippen molar-refractivity contribution in [3.63, 3.8) is 0 Å². The van der Waals surface area contributed by atoms with Gasteiger partial charge in [0.2, 0.25) is 0 Å². The summed E-state index contributed by atoms with van der Waals surface area (Å²) in [6.07, 6.45) is 4.29. The minimum absolute atomic E-state index is 0.483. The van der Waals surface area contributed by atoms with Gasteiger partial charge in [-0.3, -0.25) is 4.99 Å². The van der Waals surface area contributed by atoms with Crippen molar-refractivity contribution in [3.8, 4) is 0 Å². The van der Waals surface area contributed by atoms with Gasteiger partial charge < -0.3 is 11.1 Å². The minimum Gasteiger partial charge on any atom is -0.370 e. The van der Waals surface area contributed by atoms with Gasteiger partial charge in [0.05, 0.1) is 5.01 Å². The highest BCUT2D eigenvalue weighted by molar-refractivity contribution is 7.09. The summed E-state index contributed by atoms with van der Waals surface area (Å²) >= 11 is 1.74. The Morgan fingerprint density at radius 1 is 1.29 bits per heavy atom. The average molecular weight is 345 g/mol. The number of nitrogens with one attached hydrogen (secondary N) is 1. The molecule has 24 heavy (non-hydrogen) atoms. The molecule has 0 bridgehead atoms. The van der Waals surface area contributed by atoms with Crippen molar-refractivity contribution >= 4 is 23.0 Å². The first-order valence-corrected chi connectivity index (χ1v) is 9.54. The predicted molar refractivity (Wildman–Crippen MR) is 105 cm³/mol. The molecule has 0 radical (unpaired) electrons. The van der Waals surface area contributed by atoms with E-state index in [0.717, 1.165) is 43.6 Å². The van der Waals surface area contributed by atoms with E-state index in [4.69, 9.17) is 5.73 Å². The van der Waals surface area contributed by atoms with Crippen LogP contribution in [-0.4, -0.2) is 17.5 Å². The molecule has 0 aliphatic carbocycles. The van der Waals surface area contributed by atoms with Crippen LogP contribution in [0.3, 0.4) is 0 Å². The van der Waals surface area contributed by atoms with Gasteiger partial charge in [-0.15, -0.1) is 11.3 Å². The number of nitrogens with two attached hydrogens (primary N) is 1. The fourth-order valence-electron chi connectivity index (χ4n) is 2.42. The molecule has 2 aromatic rings. The van der Waals surface area contributed by atoms with Crippen molar-refractivity contribution in [1.82, 2.24) is 4.98 Å². The quantitative estimate of drug-likeness (QED) is 0.414. The largest absolute Gasteiger partial charge is 0.370 e. The molecule has 0 fully saturated rings. The monoisotopic (exact) mass is 344 g/mol. The summed E-state index contributed by atoms with van der Waals surface area (Å²) in [7, 11) is 0. The molecule has 130 valence electrons. The summed E-state index contributed by atoms with van der Waals surface area (Å²) in [5.74, 6) is 1.07. The van der Waals surface area contributed by atoms with Gasteiger partial charge in [0.1, 0.15) is 0 Å². The Labute approximate surface area is 149 Å². The molecule has 4 nitrogen and oxygen atoms in total. The molecule has 1 heterocycles. The lowest BCUT2D eigenvalue weighted by atomic mass is 9.99. The molecular weight excluding hydrogens is 316 g/mol. The first-order valence-electron chi connectivity index (χ1n) is 8.66. The second-order valence-electron chi connectivity index (χ2n) is 6.16. The summed E-state index contributed by atoms with van der Waals surface area (Å²) in [5, 5.41) is 6.47. The number of guanidine groups is 1. The zero-order valence-electron chi connectivity index (χ0n) is 14.9. The van der Waals surface area contributed by atoms with Crippen LogP contribution in [0, 0.1) is 6.92 Å². The van der Waals surface area contributed by atoms with Gasteiger partial charge in [-0.05, 0) is 56.2 Å². The number of aliphatic imine (C=N–C) groups is 1. The number of aryl methyl sites for hydroxylation is 2. The Bertz CT molecular complexity index is 646. The van der Waals surface area contributed by atoms with Crippen LogP contribution in [0.5, 0.6) is 0 Å². The summed E-state index contributed by atoms with van der Waals surface area (Å²) in [5.41, 5.74) is 9.41. The van der Waals surface area contributed by atoms with Gasteiger partial charge in [-0.1, -0.05) is 26.0 Å². The van der Waals surface area contributed by atoms with Crippen molar-refractivity contribution in [1.29, 1.82) is 0 Å². The zero-order valence-corrected chi connectivity index (χ0v) is 15.7. The van der Waals surface area contributed by atoms with Crippen LogP contribution in [-0.2, 0) is 6.42 Å². The van der Waals surface area contributed by atoms with E-state index in [9.17, 15) is 0 Å². The summed E-state index contributed by atoms with van der Waals surface area (Å²) in [6.45, 7) is 7.22. The van der Waals surface area contributed by atoms with Crippen LogP contribution in [0.15, 0.2) is 34.6 Å². The van der Waals surface area contributed by atoms with E-state index in [1.807, 2.05) is 6.92 Å². The molecule has 0 amide bonds. The van der Waals surface area contributed by atoms with Crippen LogP contribution >= 0.6 is 11.3 Å². The number of unbranched alkanes of at least 4 members (excludes halogenated alkanes) is 1. The van der Waals surface area contributed by atoms with E-state index in [1.165, 1.54) is 10.6 Å². The molecule has 0 saturated heterocycles. The fourth-order valence-corrected chi connectivity index (χ4v) is 3.24. The second kappa shape index (κ2) is 9.42. The lowest BCUT2D eigenvalue weighted by molar-refractivity contribution is 0.734. The maximum atomic E-state index is 5.96. The summed E-state index contributed by atoms with van der Waals surface area (Å²) in [6, 6.07) is 8.43. The second-order valence-corrected chi connectivity index (χ2v) is 7.11. The van der Waals surface area contributed by atoms with E-state index in [0.29, 0.717) is 11.9 Å². The third-order valence-electron chi connectivity index (χ3n) is 4.11. The number of anilines is 1. The number of aromatic nitrogens is 1. The fraction of sp³-hybridized carbons (Fsp3) is 0.474. The molecular formula is C19H28N4S. The Hall–Kier alpha value is -1.88. The molecule has 3 N–H and O–H groups in total. The molecule has 1 aromatic heterocycles. The van der Waals surface area contributed by atoms with Crippen molar-refractivity contribution in [2.24, 2.45) is 10.7 Å². The number of hydrogen-bond donors (Lipinski definition) is 2. The first kappa shape index (κ1) is 18.5. The standard InChI is InChI=1S/C19H28N4S/c1-4-14(2)16-8-10-17(11-9-16)23-19(20)21-12-6-5-7-18-22-15(3)13-24-18/h8-11,13-14H,4-7,12H2,1-3H3,(H3,20,21,23). The average Bonchev–Trinajstić information content (AvgIpc) is 3.00. The van der Waals surface area contributed by atoms with Crippen LogP contribution in [0.1, 0.15) is 55.3 Å². The van der Waals surface area contributed by atoms with Crippen LogP contribution in [0.4, 0.5) is 5.69 Å². The van der Waals surface area contributed by atoms with E-state index < -0.39 is 0 Å². The maximum Gasteiger partial charge on any atom is 0.193 e. The van der Waals surface area contributed by atoms with E-state index in [-0.39, 0.29) is 0 Å². The highest BCUT2D eigenvalue weighted by atomic mass is 32.1. The first-order chi connectivity index (χ1) is 11.6. The smallest absolute Gasteiger partial charge is 0.193 e. The van der Waals surface area contributed by atoms with Crippen LogP contribution in [0.2, 0.25) is 0 Å². The van der Waals surface area contributed by atoms with Gasteiger partial charge in [0.15, 0.2) is 5.96 Å². The number of rotatable bonds is 8. The van der Waals surface area contributed by atoms with Crippen LogP contribution in [0.25, 0.3) is 0 Å². The number of nitrogens with zero attached hydrogens (tertiary/aromatic N) is 2. The van der Waals surface area contributed by atoms with E-state index in [2.05, 4.69) is 58.8 Å². The number of hydrogen-bond acceptors (Lipinski definition) is 3. The number of benzene rings is 1. The van der Waals surface area contributed by atoms with Crippen molar-refractivity contribution in [2.45, 2.75) is 52.4 Å². The molecule has 0 aliphatic heterocycles. The molecule has 2 rings (SSSR count). The Morgan fingerprint density at radius 2 is 2.04 bits per heavy atom. The lowest BCUT2D eigenvalue weighted by Crippen LogP contribution is -2.22. The molecule has 1 aromatic carbocycles. The highest BCUT2D eigenvalue weighted by Crippen LogP contribution is 2.20. The molecule has 0 aliphatic rings. The molecule has 0 saturated carbocycles. The lowest BCUT2D eigenvalue weighted by Gasteiger charge is -2.10. The van der Waals surface area contributed by atoms with Crippen molar-refractivity contribution in [3.05, 3.63) is 45.9 Å². The van der Waals surface area contributed by atoms with Crippen LogP contribution < -0.4 is 11.1 Å².